The number of carboxylic acid groups (broad SMARTS) is 1. The Morgan fingerprint density at radius 1 is 1.02 bits per heavy atom. The summed E-state index contributed by atoms with van der Waals surface area (Å²) in [5.41, 5.74) is 4.85. The molecule has 0 aliphatic rings. The van der Waals surface area contributed by atoms with Gasteiger partial charge in [0.05, 0.1) is 12.0 Å². The molecule has 0 saturated heterocycles. The van der Waals surface area contributed by atoms with E-state index in [2.05, 4.69) is 59.2 Å². The molecule has 0 bridgehead atoms. The van der Waals surface area contributed by atoms with Crippen molar-refractivity contribution in [3.8, 4) is 23.3 Å². The number of ether oxygens (including phenoxy) is 2. The molecule has 1 unspecified atom stereocenters. The molecule has 4 rings (SSSR count). The zero-order valence-electron chi connectivity index (χ0n) is 24.5. The van der Waals surface area contributed by atoms with Gasteiger partial charge in [0.2, 0.25) is 10.0 Å². The maximum absolute atomic E-state index is 13.2. The topological polar surface area (TPSA) is 107 Å². The quantitative estimate of drug-likeness (QED) is 0.212. The summed E-state index contributed by atoms with van der Waals surface area (Å²) < 4.78 is 41.9. The Balaban J connectivity index is 1.65. The van der Waals surface area contributed by atoms with Gasteiger partial charge in [0.1, 0.15) is 24.1 Å². The largest absolute Gasteiger partial charge is 0.497 e. The summed E-state index contributed by atoms with van der Waals surface area (Å²) in [6.07, 6.45) is -0.0553. The second-order valence-corrected chi connectivity index (χ2v) is 12.0. The Labute approximate surface area is 247 Å². The molecule has 0 fully saturated rings. The molecule has 0 aliphatic heterocycles. The number of benzene rings is 3. The first-order valence-electron chi connectivity index (χ1n) is 13.7. The SMILES string of the molecule is CC#CCOc1ccc(S(=O)(=O)NC(Cc2c(C)n(Cc3ccc(C(C)C)cc3)c3ccc(OC)cc23)C(=O)O)cc1. The lowest BCUT2D eigenvalue weighted by Crippen LogP contribution is -2.42. The van der Waals surface area contributed by atoms with Crippen LogP contribution in [0.15, 0.2) is 71.6 Å². The van der Waals surface area contributed by atoms with Crippen molar-refractivity contribution in [3.05, 3.63) is 89.1 Å². The van der Waals surface area contributed by atoms with E-state index in [-0.39, 0.29) is 17.9 Å². The van der Waals surface area contributed by atoms with Crippen LogP contribution in [0.25, 0.3) is 10.9 Å². The van der Waals surface area contributed by atoms with Crippen LogP contribution < -0.4 is 14.2 Å². The first kappa shape index (κ1) is 30.7. The van der Waals surface area contributed by atoms with Crippen LogP contribution in [-0.4, -0.2) is 43.8 Å². The molecule has 9 heteroatoms. The van der Waals surface area contributed by atoms with Crippen LogP contribution in [0.1, 0.15) is 49.1 Å². The molecule has 3 aromatic carbocycles. The minimum absolute atomic E-state index is 0.0553. The fourth-order valence-corrected chi connectivity index (χ4v) is 6.04. The van der Waals surface area contributed by atoms with Crippen molar-refractivity contribution in [2.24, 2.45) is 0 Å². The molecular formula is C33H36N2O6S. The average Bonchev–Trinajstić information content (AvgIpc) is 3.22. The second-order valence-electron chi connectivity index (χ2n) is 10.3. The Morgan fingerprint density at radius 2 is 1.69 bits per heavy atom. The first-order chi connectivity index (χ1) is 20.0. The highest BCUT2D eigenvalue weighted by atomic mass is 32.2. The summed E-state index contributed by atoms with van der Waals surface area (Å²) in [4.78, 5) is 12.3. The van der Waals surface area contributed by atoms with Crippen molar-refractivity contribution in [1.82, 2.24) is 9.29 Å². The molecular weight excluding hydrogens is 552 g/mol. The molecule has 0 aliphatic carbocycles. The molecule has 0 saturated carbocycles. The van der Waals surface area contributed by atoms with E-state index in [0.29, 0.717) is 24.0 Å². The molecule has 2 N–H and O–H groups in total. The molecule has 4 aromatic rings. The monoisotopic (exact) mass is 588 g/mol. The molecule has 0 spiro atoms. The Morgan fingerprint density at radius 3 is 2.29 bits per heavy atom. The number of methoxy groups -OCH3 is 1. The Bertz CT molecular complexity index is 1730. The highest BCUT2D eigenvalue weighted by Crippen LogP contribution is 2.32. The zero-order chi connectivity index (χ0) is 30.4. The van der Waals surface area contributed by atoms with Gasteiger partial charge in [-0.25, -0.2) is 8.42 Å². The number of carboxylic acids is 1. The minimum Gasteiger partial charge on any atom is -0.497 e. The summed E-state index contributed by atoms with van der Waals surface area (Å²) in [7, 11) is -2.57. The molecule has 8 nitrogen and oxygen atoms in total. The predicted octanol–water partition coefficient (Wildman–Crippen LogP) is 5.51. The third-order valence-electron chi connectivity index (χ3n) is 7.27. The summed E-state index contributed by atoms with van der Waals surface area (Å²) >= 11 is 0. The van der Waals surface area contributed by atoms with Gasteiger partial charge >= 0.3 is 5.97 Å². The molecule has 1 heterocycles. The van der Waals surface area contributed by atoms with Crippen LogP contribution in [-0.2, 0) is 27.8 Å². The van der Waals surface area contributed by atoms with Crippen molar-refractivity contribution in [2.75, 3.05) is 13.7 Å². The van der Waals surface area contributed by atoms with Crippen molar-refractivity contribution in [1.29, 1.82) is 0 Å². The maximum Gasteiger partial charge on any atom is 0.322 e. The van der Waals surface area contributed by atoms with Crippen molar-refractivity contribution in [2.45, 2.75) is 57.5 Å². The van der Waals surface area contributed by atoms with E-state index in [9.17, 15) is 18.3 Å². The van der Waals surface area contributed by atoms with E-state index in [4.69, 9.17) is 9.47 Å². The van der Waals surface area contributed by atoms with Crippen molar-refractivity contribution in [3.63, 3.8) is 0 Å². The van der Waals surface area contributed by atoms with Gasteiger partial charge in [0.25, 0.3) is 0 Å². The summed E-state index contributed by atoms with van der Waals surface area (Å²) in [5, 5.41) is 10.9. The van der Waals surface area contributed by atoms with Crippen LogP contribution in [0.4, 0.5) is 0 Å². The molecule has 0 radical (unpaired) electrons. The zero-order valence-corrected chi connectivity index (χ0v) is 25.3. The van der Waals surface area contributed by atoms with E-state index in [1.165, 1.54) is 29.8 Å². The van der Waals surface area contributed by atoms with Gasteiger partial charge < -0.3 is 19.1 Å². The van der Waals surface area contributed by atoms with E-state index in [0.717, 1.165) is 27.7 Å². The molecule has 1 atom stereocenters. The highest BCUT2D eigenvalue weighted by molar-refractivity contribution is 7.89. The lowest BCUT2D eigenvalue weighted by Gasteiger charge is -2.16. The summed E-state index contributed by atoms with van der Waals surface area (Å²) in [5.74, 6) is 5.73. The number of rotatable bonds is 12. The van der Waals surface area contributed by atoms with Gasteiger partial charge in [-0.05, 0) is 78.9 Å². The molecule has 42 heavy (non-hydrogen) atoms. The van der Waals surface area contributed by atoms with Crippen LogP contribution in [0.2, 0.25) is 0 Å². The van der Waals surface area contributed by atoms with Gasteiger partial charge in [0, 0.05) is 29.6 Å². The number of hydrogen-bond acceptors (Lipinski definition) is 5. The van der Waals surface area contributed by atoms with Gasteiger partial charge in [-0.2, -0.15) is 4.72 Å². The fraction of sp³-hybridized carbons (Fsp3) is 0.303. The Kier molecular flexibility index (Phi) is 9.61. The summed E-state index contributed by atoms with van der Waals surface area (Å²) in [6, 6.07) is 18.5. The predicted molar refractivity (Wildman–Crippen MR) is 164 cm³/mol. The van der Waals surface area contributed by atoms with Gasteiger partial charge in [-0.1, -0.05) is 44.0 Å². The number of fused-ring (bicyclic) bond motifs is 1. The maximum atomic E-state index is 13.2. The van der Waals surface area contributed by atoms with Crippen molar-refractivity contribution < 1.29 is 27.8 Å². The number of nitrogens with one attached hydrogen (secondary N) is 1. The van der Waals surface area contributed by atoms with E-state index in [1.54, 1.807) is 14.0 Å². The Hall–Kier alpha value is -4.26. The standard InChI is InChI=1S/C33H36N2O6S/c1-6-7-18-41-26-12-15-28(16-13-26)42(38,39)34-31(33(36)37)20-29-23(4)35(32-17-14-27(40-5)19-30(29)32)21-24-8-10-25(11-9-24)22(2)3/h8-17,19,22,31,34H,18,20-21H2,1-5H3,(H,36,37). The fourth-order valence-electron chi connectivity index (χ4n) is 4.86. The number of nitrogens with zero attached hydrogens (tertiary/aromatic N) is 1. The molecule has 220 valence electrons. The first-order valence-corrected chi connectivity index (χ1v) is 15.1. The van der Waals surface area contributed by atoms with Gasteiger partial charge in [-0.15, -0.1) is 5.92 Å². The molecule has 0 amide bonds. The van der Waals surface area contributed by atoms with E-state index < -0.39 is 22.0 Å². The average molecular weight is 589 g/mol. The van der Waals surface area contributed by atoms with Crippen LogP contribution in [0.3, 0.4) is 0 Å². The van der Waals surface area contributed by atoms with E-state index >= 15 is 0 Å². The number of hydrogen-bond donors (Lipinski definition) is 2. The van der Waals surface area contributed by atoms with Gasteiger partial charge in [0.15, 0.2) is 0 Å². The number of aromatic nitrogens is 1. The smallest absolute Gasteiger partial charge is 0.322 e. The lowest BCUT2D eigenvalue weighted by molar-refractivity contribution is -0.138. The van der Waals surface area contributed by atoms with Crippen LogP contribution in [0, 0.1) is 18.8 Å². The highest BCUT2D eigenvalue weighted by Gasteiger charge is 2.28. The van der Waals surface area contributed by atoms with Crippen molar-refractivity contribution >= 4 is 26.9 Å². The number of sulfonamides is 1. The van der Waals surface area contributed by atoms with E-state index in [1.807, 2.05) is 25.1 Å². The minimum atomic E-state index is -4.14. The third-order valence-corrected chi connectivity index (χ3v) is 8.76. The van der Waals surface area contributed by atoms with Gasteiger partial charge in [-0.3, -0.25) is 4.79 Å². The van der Waals surface area contributed by atoms with Crippen LogP contribution >= 0.6 is 0 Å². The lowest BCUT2D eigenvalue weighted by atomic mass is 10.0. The third kappa shape index (κ3) is 6.96. The number of carbonyl (C=O) groups is 1. The molecule has 1 aromatic heterocycles. The normalized spacial score (nSPS) is 12.1. The number of aliphatic carboxylic acids is 1. The second kappa shape index (κ2) is 13.1. The summed E-state index contributed by atoms with van der Waals surface area (Å²) in [6.45, 7) is 8.69. The van der Waals surface area contributed by atoms with Crippen LogP contribution in [0.5, 0.6) is 11.5 Å².